The van der Waals surface area contributed by atoms with Gasteiger partial charge in [-0.3, -0.25) is 4.79 Å². The van der Waals surface area contributed by atoms with Gasteiger partial charge in [-0.25, -0.2) is 4.79 Å². The van der Waals surface area contributed by atoms with Crippen LogP contribution in [-0.4, -0.2) is 49.3 Å². The Hall–Kier alpha value is -1.30. The largest absolute Gasteiger partial charge is 0.463 e. The summed E-state index contributed by atoms with van der Waals surface area (Å²) in [5.74, 6) is 0. The van der Waals surface area contributed by atoms with Crippen LogP contribution in [-0.2, 0) is 14.3 Å². The minimum absolute atomic E-state index is 0.185. The minimum Gasteiger partial charge on any atom is -0.463 e. The van der Waals surface area contributed by atoms with Crippen molar-refractivity contribution in [3.05, 3.63) is 0 Å². The van der Waals surface area contributed by atoms with E-state index >= 15 is 0 Å². The van der Waals surface area contributed by atoms with Crippen LogP contribution < -0.4 is 5.73 Å². The molecule has 1 fully saturated rings. The van der Waals surface area contributed by atoms with E-state index < -0.39 is 5.60 Å². The third kappa shape index (κ3) is 6.11. The fourth-order valence-electron chi connectivity index (χ4n) is 1.41. The van der Waals surface area contributed by atoms with Crippen molar-refractivity contribution in [3.8, 4) is 0 Å². The molecule has 0 aromatic carbocycles. The van der Waals surface area contributed by atoms with E-state index in [4.69, 9.17) is 9.47 Å². The Morgan fingerprint density at radius 3 is 2.47 bits per heavy atom. The van der Waals surface area contributed by atoms with E-state index in [9.17, 15) is 9.59 Å². The lowest BCUT2D eigenvalue weighted by molar-refractivity contribution is -0.132. The number of hydrogen-bond acceptors (Lipinski definition) is 5. The summed E-state index contributed by atoms with van der Waals surface area (Å²) in [5, 5.41) is 0. The number of nitrogens with zero attached hydrogens (tertiary/aromatic N) is 1. The van der Waals surface area contributed by atoms with E-state index in [0.717, 1.165) is 0 Å². The van der Waals surface area contributed by atoms with Crippen molar-refractivity contribution in [1.29, 1.82) is 0 Å². The summed E-state index contributed by atoms with van der Waals surface area (Å²) in [6, 6.07) is 0. The van der Waals surface area contributed by atoms with E-state index in [0.29, 0.717) is 26.0 Å². The first-order chi connectivity index (χ1) is 7.92. The molecule has 0 aromatic rings. The number of nitrogens with two attached hydrogens (primary N) is 1. The van der Waals surface area contributed by atoms with Crippen molar-refractivity contribution in [2.45, 2.75) is 38.9 Å². The molecule has 0 radical (unpaired) electrons. The fourth-order valence-corrected chi connectivity index (χ4v) is 1.41. The summed E-state index contributed by atoms with van der Waals surface area (Å²) >= 11 is 0. The highest BCUT2D eigenvalue weighted by molar-refractivity contribution is 5.68. The van der Waals surface area contributed by atoms with Crippen molar-refractivity contribution in [1.82, 2.24) is 4.90 Å². The molecule has 1 saturated heterocycles. The van der Waals surface area contributed by atoms with Crippen LogP contribution in [0.3, 0.4) is 0 Å². The molecule has 1 rings (SSSR count). The summed E-state index contributed by atoms with van der Waals surface area (Å²) < 4.78 is 9.97. The Kier molecular flexibility index (Phi) is 6.57. The first-order valence-corrected chi connectivity index (χ1v) is 5.57. The molecule has 1 aliphatic rings. The zero-order chi connectivity index (χ0) is 13.5. The van der Waals surface area contributed by atoms with Gasteiger partial charge < -0.3 is 20.1 Å². The molecule has 2 N–H and O–H groups in total. The number of likely N-dealkylation sites (tertiary alicyclic amines) is 1. The van der Waals surface area contributed by atoms with Crippen LogP contribution in [0.5, 0.6) is 0 Å². The fraction of sp³-hybridized carbons (Fsp3) is 0.818. The van der Waals surface area contributed by atoms with E-state index in [1.54, 1.807) is 4.90 Å². The predicted octanol–water partition coefficient (Wildman–Crippen LogP) is 0.744. The second-order valence-electron chi connectivity index (χ2n) is 4.57. The highest BCUT2D eigenvalue weighted by atomic mass is 16.6. The smallest absolute Gasteiger partial charge is 0.410 e. The molecule has 0 aliphatic carbocycles. The monoisotopic (exact) mass is 246 g/mol. The zero-order valence-corrected chi connectivity index (χ0v) is 10.9. The van der Waals surface area contributed by atoms with Gasteiger partial charge in [0.2, 0.25) is 0 Å². The molecule has 100 valence electrons. The van der Waals surface area contributed by atoms with Gasteiger partial charge >= 0.3 is 6.09 Å². The van der Waals surface area contributed by atoms with Crippen LogP contribution in [0.2, 0.25) is 0 Å². The van der Waals surface area contributed by atoms with E-state index in [2.05, 4.69) is 5.73 Å². The molecular formula is C11H22N2O4. The quantitative estimate of drug-likeness (QED) is 0.727. The molecule has 1 amide bonds. The Bertz CT molecular complexity index is 250. The molecule has 0 aromatic heterocycles. The average Bonchev–Trinajstić information content (AvgIpc) is 2.67. The summed E-state index contributed by atoms with van der Waals surface area (Å²) in [4.78, 5) is 23.2. The van der Waals surface area contributed by atoms with Crippen LogP contribution in [0, 0.1) is 0 Å². The number of amides is 1. The summed E-state index contributed by atoms with van der Waals surface area (Å²) in [6.07, 6.45) is 0.146. The van der Waals surface area contributed by atoms with Crippen molar-refractivity contribution in [2.24, 2.45) is 5.73 Å². The van der Waals surface area contributed by atoms with Crippen LogP contribution in [0.15, 0.2) is 0 Å². The zero-order valence-electron chi connectivity index (χ0n) is 10.9. The third-order valence-corrected chi connectivity index (χ3v) is 2.04. The molecule has 0 saturated carbocycles. The van der Waals surface area contributed by atoms with Gasteiger partial charge in [0.05, 0.1) is 6.54 Å². The molecule has 0 unspecified atom stereocenters. The maximum Gasteiger partial charge on any atom is 0.410 e. The number of ether oxygens (including phenoxy) is 2. The maximum atomic E-state index is 11.6. The number of carbonyl (C=O) groups is 2. The van der Waals surface area contributed by atoms with Gasteiger partial charge in [-0.05, 0) is 27.8 Å². The van der Waals surface area contributed by atoms with Crippen LogP contribution in [0.4, 0.5) is 4.79 Å². The molecule has 0 spiro atoms. The second kappa shape index (κ2) is 7.11. The highest BCUT2D eigenvalue weighted by Crippen LogP contribution is 2.16. The predicted molar refractivity (Wildman–Crippen MR) is 63.5 cm³/mol. The summed E-state index contributed by atoms with van der Waals surface area (Å²) in [5.41, 5.74) is 4.01. The van der Waals surface area contributed by atoms with Gasteiger partial charge in [0.25, 0.3) is 6.47 Å². The van der Waals surface area contributed by atoms with Gasteiger partial charge in [-0.2, -0.15) is 0 Å². The van der Waals surface area contributed by atoms with Gasteiger partial charge in [0.1, 0.15) is 11.7 Å². The molecule has 6 nitrogen and oxygen atoms in total. The first kappa shape index (κ1) is 15.7. The van der Waals surface area contributed by atoms with Crippen molar-refractivity contribution in [3.63, 3.8) is 0 Å². The number of hydrogen-bond donors (Lipinski definition) is 1. The molecule has 17 heavy (non-hydrogen) atoms. The Morgan fingerprint density at radius 2 is 2.00 bits per heavy atom. The third-order valence-electron chi connectivity index (χ3n) is 2.04. The standard InChI is InChI=1S/C10H17NO4.CH5N/c1-10(2,3)15-9(13)11-5-4-8(6-11)14-7-12;1-2/h7-8H,4-6H2,1-3H3;2H2,1H3/t8-;/m0./s1. The summed E-state index contributed by atoms with van der Waals surface area (Å²) in [7, 11) is 1.50. The van der Waals surface area contributed by atoms with Crippen molar-refractivity contribution in [2.75, 3.05) is 20.1 Å². The van der Waals surface area contributed by atoms with Gasteiger partial charge in [0, 0.05) is 13.0 Å². The Labute approximate surface area is 102 Å². The summed E-state index contributed by atoms with van der Waals surface area (Å²) in [6.45, 7) is 6.88. The van der Waals surface area contributed by atoms with Gasteiger partial charge in [0.15, 0.2) is 0 Å². The maximum absolute atomic E-state index is 11.6. The normalized spacial score (nSPS) is 19.1. The van der Waals surface area contributed by atoms with Crippen molar-refractivity contribution < 1.29 is 19.1 Å². The minimum atomic E-state index is -0.485. The molecule has 6 heteroatoms. The number of carbonyl (C=O) groups excluding carboxylic acids is 2. The topological polar surface area (TPSA) is 81.9 Å². The highest BCUT2D eigenvalue weighted by Gasteiger charge is 2.30. The number of rotatable bonds is 2. The Morgan fingerprint density at radius 1 is 1.41 bits per heavy atom. The molecule has 0 bridgehead atoms. The molecular weight excluding hydrogens is 224 g/mol. The Balaban J connectivity index is 0.00000121. The molecule has 1 aliphatic heterocycles. The van der Waals surface area contributed by atoms with Gasteiger partial charge in [-0.15, -0.1) is 0 Å². The van der Waals surface area contributed by atoms with Crippen molar-refractivity contribution >= 4 is 12.6 Å². The first-order valence-electron chi connectivity index (χ1n) is 5.57. The lowest BCUT2D eigenvalue weighted by Gasteiger charge is -2.24. The second-order valence-corrected chi connectivity index (χ2v) is 4.57. The van der Waals surface area contributed by atoms with E-state index in [1.807, 2.05) is 20.8 Å². The SMILES string of the molecule is CC(C)(C)OC(=O)N1CC[C@H](OC=O)C1.CN. The lowest BCUT2D eigenvalue weighted by Crippen LogP contribution is -2.36. The van der Waals surface area contributed by atoms with Crippen LogP contribution in [0.25, 0.3) is 0 Å². The molecule has 1 atom stereocenters. The van der Waals surface area contributed by atoms with E-state index in [1.165, 1.54) is 7.05 Å². The average molecular weight is 246 g/mol. The van der Waals surface area contributed by atoms with Crippen LogP contribution in [0.1, 0.15) is 27.2 Å². The van der Waals surface area contributed by atoms with E-state index in [-0.39, 0.29) is 12.2 Å². The molecule has 1 heterocycles. The van der Waals surface area contributed by atoms with Gasteiger partial charge in [-0.1, -0.05) is 0 Å². The van der Waals surface area contributed by atoms with Crippen LogP contribution >= 0.6 is 0 Å². The lowest BCUT2D eigenvalue weighted by atomic mass is 10.2.